The third kappa shape index (κ3) is 1450. The predicted molar refractivity (Wildman–Crippen MR) is 32.3 cm³/mol. The van der Waals surface area contributed by atoms with Crippen LogP contribution in [0.4, 0.5) is 0 Å². The molecule has 0 bridgehead atoms. The minimum Gasteiger partial charge on any atom is -0.697 e. The maximum Gasteiger partial charge on any atom is 0 e. The minimum absolute atomic E-state index is 0. The molecule has 0 nitrogen and oxygen atoms in total. The van der Waals surface area contributed by atoms with Gasteiger partial charge in [-0.15, -0.1) is 0 Å². The van der Waals surface area contributed by atoms with Crippen LogP contribution in [-0.4, -0.2) is 0 Å². The largest absolute Gasteiger partial charge is 0.697 e. The predicted octanol–water partition coefficient (Wildman–Crippen LogP) is 1.82. The van der Waals surface area contributed by atoms with Gasteiger partial charge < -0.3 is 25.2 Å². The second-order valence-corrected chi connectivity index (χ2v) is 0.250. The molecule has 2 heteroatoms. The number of terminal acetylenes is 1. The fourth-order valence-electron chi connectivity index (χ4n) is 0. The molecule has 0 amide bonds. The SMILES string of the molecule is CC.[C-]#C.[C-]#CC.[W].[W]. The van der Waals surface area contributed by atoms with Crippen LogP contribution < -0.4 is 0 Å². The summed E-state index contributed by atoms with van der Waals surface area (Å²) < 4.78 is 0. The van der Waals surface area contributed by atoms with Crippen LogP contribution in [0.5, 0.6) is 0 Å². The van der Waals surface area contributed by atoms with E-state index in [9.17, 15) is 0 Å². The van der Waals surface area contributed by atoms with E-state index in [4.69, 9.17) is 12.8 Å². The van der Waals surface area contributed by atoms with Crippen molar-refractivity contribution in [2.24, 2.45) is 0 Å². The van der Waals surface area contributed by atoms with Gasteiger partial charge in [-0.05, 0) is 6.92 Å². The first kappa shape index (κ1) is 33.9. The second-order valence-electron chi connectivity index (χ2n) is 0.250. The van der Waals surface area contributed by atoms with Crippen molar-refractivity contribution in [1.29, 1.82) is 0 Å². The zero-order valence-corrected chi connectivity index (χ0v) is 11.8. The van der Waals surface area contributed by atoms with Gasteiger partial charge in [-0.3, -0.25) is 0 Å². The molecule has 0 radical (unpaired) electrons. The van der Waals surface area contributed by atoms with Crippen molar-refractivity contribution >= 4 is 0 Å². The van der Waals surface area contributed by atoms with E-state index in [-0.39, 0.29) is 42.1 Å². The van der Waals surface area contributed by atoms with E-state index in [1.807, 2.05) is 19.8 Å². The molecule has 0 fully saturated rings. The van der Waals surface area contributed by atoms with Gasteiger partial charge in [-0.2, -0.15) is 0 Å². The molecule has 0 aliphatic heterocycles. The van der Waals surface area contributed by atoms with Gasteiger partial charge in [-0.25, -0.2) is 0 Å². The van der Waals surface area contributed by atoms with E-state index in [1.165, 1.54) is 0 Å². The summed E-state index contributed by atoms with van der Waals surface area (Å²) in [5.74, 6) is 2.00. The van der Waals surface area contributed by atoms with Crippen LogP contribution in [0.3, 0.4) is 0 Å². The zero-order valence-electron chi connectivity index (χ0n) is 5.89. The summed E-state index contributed by atoms with van der Waals surface area (Å²) in [5.41, 5.74) is 0. The summed E-state index contributed by atoms with van der Waals surface area (Å²) in [4.78, 5) is 0. The maximum absolute atomic E-state index is 5.96. The topological polar surface area (TPSA) is 0 Å². The van der Waals surface area contributed by atoms with E-state index < -0.39 is 0 Å². The summed E-state index contributed by atoms with van der Waals surface area (Å²) in [6.45, 7) is 5.54. The molecule has 52 valence electrons. The molecule has 0 heterocycles. The van der Waals surface area contributed by atoms with E-state index in [0.29, 0.717) is 0 Å². The number of rotatable bonds is 0. The Balaban J connectivity index is -0.00000000825. The molecule has 0 unspecified atom stereocenters. The summed E-state index contributed by atoms with van der Waals surface area (Å²) in [7, 11) is 0. The van der Waals surface area contributed by atoms with Crippen LogP contribution in [0.25, 0.3) is 0 Å². The van der Waals surface area contributed by atoms with Crippen LogP contribution in [-0.2, 0) is 42.1 Å². The quantitative estimate of drug-likeness (QED) is 0.381. The molecule has 0 saturated carbocycles. The molecular weight excluding hydrogens is 452 g/mol. The Labute approximate surface area is 87.7 Å². The summed E-state index contributed by atoms with van der Waals surface area (Å²) in [6.07, 6.45) is 15.0. The summed E-state index contributed by atoms with van der Waals surface area (Å²) in [6, 6.07) is 0. The van der Waals surface area contributed by atoms with Crippen molar-refractivity contribution in [2.75, 3.05) is 0 Å². The van der Waals surface area contributed by atoms with Crippen LogP contribution in [0.1, 0.15) is 20.8 Å². The standard InChI is InChI=1S/C3H3.C2H6.C2H.2W/c1-3-2;2*1-2;;/h1H3;1-2H3;1H;;/q-1;;-1;;. The summed E-state index contributed by atoms with van der Waals surface area (Å²) >= 11 is 0. The van der Waals surface area contributed by atoms with Crippen molar-refractivity contribution < 1.29 is 42.1 Å². The first-order chi connectivity index (χ1) is 3.41. The van der Waals surface area contributed by atoms with Crippen molar-refractivity contribution in [1.82, 2.24) is 0 Å². The molecule has 0 aromatic carbocycles. The van der Waals surface area contributed by atoms with E-state index >= 15 is 0 Å². The van der Waals surface area contributed by atoms with E-state index in [2.05, 4.69) is 6.42 Å². The van der Waals surface area contributed by atoms with Gasteiger partial charge in [0.25, 0.3) is 0 Å². The zero-order chi connectivity index (χ0) is 6.71. The van der Waals surface area contributed by atoms with E-state index in [0.717, 1.165) is 0 Å². The number of hydrogen-bond acceptors (Lipinski definition) is 0. The Bertz CT molecular complexity index is 49.7. The van der Waals surface area contributed by atoms with Crippen LogP contribution >= 0.6 is 0 Å². The fourth-order valence-corrected chi connectivity index (χ4v) is 0. The number of hydrogen-bond donors (Lipinski definition) is 0. The Hall–Kier alpha value is 0.497. The van der Waals surface area contributed by atoms with Crippen molar-refractivity contribution in [3.05, 3.63) is 12.8 Å². The molecule has 0 saturated heterocycles. The van der Waals surface area contributed by atoms with E-state index in [1.54, 1.807) is 6.92 Å². The van der Waals surface area contributed by atoms with Crippen LogP contribution in [0.15, 0.2) is 0 Å². The minimum atomic E-state index is 0. The monoisotopic (exact) mass is 462 g/mol. The van der Waals surface area contributed by atoms with Gasteiger partial charge in [0.05, 0.1) is 0 Å². The fraction of sp³-hybridized carbons (Fsp3) is 0.429. The van der Waals surface area contributed by atoms with Crippen molar-refractivity contribution in [3.8, 4) is 12.3 Å². The molecule has 9 heavy (non-hydrogen) atoms. The maximum atomic E-state index is 5.96. The van der Waals surface area contributed by atoms with Gasteiger partial charge in [0.2, 0.25) is 0 Å². The third-order valence-electron chi connectivity index (χ3n) is 0. The first-order valence-electron chi connectivity index (χ1n) is 2.04. The Kier molecular flexibility index (Phi) is 803. The summed E-state index contributed by atoms with van der Waals surface area (Å²) in [5, 5.41) is 0. The second kappa shape index (κ2) is 213. The molecule has 0 aliphatic rings. The van der Waals surface area contributed by atoms with Gasteiger partial charge in [-0.1, -0.05) is 13.8 Å². The van der Waals surface area contributed by atoms with Crippen LogP contribution in [0, 0.1) is 25.2 Å². The van der Waals surface area contributed by atoms with Gasteiger partial charge in [0.1, 0.15) is 0 Å². The smallest absolute Gasteiger partial charge is 0 e. The third-order valence-corrected chi connectivity index (χ3v) is 0. The molecule has 0 aromatic rings. The molecule has 0 N–H and O–H groups in total. The molecule has 0 aliphatic carbocycles. The van der Waals surface area contributed by atoms with Gasteiger partial charge in [0.15, 0.2) is 0 Å². The molecule has 0 aromatic heterocycles. The Morgan fingerprint density at radius 3 is 1.11 bits per heavy atom. The molecule has 0 atom stereocenters. The van der Waals surface area contributed by atoms with Crippen molar-refractivity contribution in [3.63, 3.8) is 0 Å². The average molecular weight is 462 g/mol. The Morgan fingerprint density at radius 1 is 1.11 bits per heavy atom. The molecule has 0 rings (SSSR count). The van der Waals surface area contributed by atoms with Crippen molar-refractivity contribution in [2.45, 2.75) is 20.8 Å². The average Bonchev–Trinajstić information content (AvgIpc) is 1.78. The normalized spacial score (nSPS) is 1.78. The Morgan fingerprint density at radius 2 is 1.11 bits per heavy atom. The molecule has 0 spiro atoms. The van der Waals surface area contributed by atoms with Crippen LogP contribution in [0.2, 0.25) is 0 Å². The molecular formula is C7H10W2-2. The van der Waals surface area contributed by atoms with Gasteiger partial charge in [0, 0.05) is 42.1 Å². The first-order valence-corrected chi connectivity index (χ1v) is 2.04. The van der Waals surface area contributed by atoms with Gasteiger partial charge >= 0.3 is 0 Å².